The van der Waals surface area contributed by atoms with Crippen molar-refractivity contribution in [3.8, 4) is 0 Å². The Hall–Kier alpha value is -2.72. The number of carbonyl (C=O) groups is 1. The van der Waals surface area contributed by atoms with E-state index < -0.39 is 17.6 Å². The summed E-state index contributed by atoms with van der Waals surface area (Å²) in [6, 6.07) is 3.57. The molecule has 1 aromatic rings. The van der Waals surface area contributed by atoms with Crippen molar-refractivity contribution in [1.29, 1.82) is 0 Å². The lowest BCUT2D eigenvalue weighted by Gasteiger charge is -2.22. The first-order chi connectivity index (χ1) is 14.2. The van der Waals surface area contributed by atoms with Gasteiger partial charge in [-0.15, -0.1) is 0 Å². The standard InChI is InChI=1S/C20H25F3N4O3/c1-13(2)19(28)26-10-14-6-7-15(9-17(14)20(21,22)23)25-11-16(27-24)12-30-18-5-3-4-8-29-18/h6-7,9,11,18H,1,3-5,8,10,12,24H2,2H3,(H,26,28). The fraction of sp³-hybridized carbons (Fsp3) is 0.450. The predicted molar refractivity (Wildman–Crippen MR) is 107 cm³/mol. The van der Waals surface area contributed by atoms with Crippen molar-refractivity contribution in [2.45, 2.75) is 45.2 Å². The average Bonchev–Trinajstić information content (AvgIpc) is 2.72. The molecule has 3 N–H and O–H groups in total. The van der Waals surface area contributed by atoms with Gasteiger partial charge in [-0.3, -0.25) is 9.79 Å². The molecule has 1 atom stereocenters. The molecule has 1 saturated heterocycles. The highest BCUT2D eigenvalue weighted by atomic mass is 19.4. The Kier molecular flexibility index (Phi) is 8.55. The quantitative estimate of drug-likeness (QED) is 0.288. The fourth-order valence-corrected chi connectivity index (χ4v) is 2.67. The number of rotatable bonds is 8. The van der Waals surface area contributed by atoms with Crippen LogP contribution in [0.2, 0.25) is 0 Å². The molecule has 1 aromatic carbocycles. The lowest BCUT2D eigenvalue weighted by Crippen LogP contribution is -2.26. The van der Waals surface area contributed by atoms with E-state index in [1.54, 1.807) is 0 Å². The maximum atomic E-state index is 13.4. The van der Waals surface area contributed by atoms with Crippen LogP contribution in [0.1, 0.15) is 37.3 Å². The zero-order chi connectivity index (χ0) is 22.1. The third-order valence-corrected chi connectivity index (χ3v) is 4.31. The number of aliphatic imine (C=N–C) groups is 1. The maximum Gasteiger partial charge on any atom is 0.416 e. The zero-order valence-electron chi connectivity index (χ0n) is 16.7. The van der Waals surface area contributed by atoms with E-state index in [9.17, 15) is 18.0 Å². The van der Waals surface area contributed by atoms with Gasteiger partial charge in [-0.05, 0) is 43.9 Å². The van der Waals surface area contributed by atoms with Gasteiger partial charge in [0, 0.05) is 18.7 Å². The Morgan fingerprint density at radius 1 is 1.43 bits per heavy atom. The van der Waals surface area contributed by atoms with Crippen molar-refractivity contribution >= 4 is 23.5 Å². The fourth-order valence-electron chi connectivity index (χ4n) is 2.67. The molecule has 7 nitrogen and oxygen atoms in total. The van der Waals surface area contributed by atoms with Crippen molar-refractivity contribution in [2.75, 3.05) is 13.2 Å². The highest BCUT2D eigenvalue weighted by molar-refractivity contribution is 6.31. The van der Waals surface area contributed by atoms with Crippen molar-refractivity contribution < 1.29 is 27.4 Å². The molecule has 0 saturated carbocycles. The minimum Gasteiger partial charge on any atom is -0.353 e. The molecule has 1 fully saturated rings. The van der Waals surface area contributed by atoms with Gasteiger partial charge in [0.1, 0.15) is 5.71 Å². The molecule has 0 aliphatic carbocycles. The minimum absolute atomic E-state index is 0.0296. The van der Waals surface area contributed by atoms with Crippen molar-refractivity contribution in [2.24, 2.45) is 15.9 Å². The highest BCUT2D eigenvalue weighted by Crippen LogP contribution is 2.34. The van der Waals surface area contributed by atoms with Crippen LogP contribution in [-0.2, 0) is 27.0 Å². The second kappa shape index (κ2) is 10.9. The van der Waals surface area contributed by atoms with Gasteiger partial charge in [0.2, 0.25) is 5.91 Å². The van der Waals surface area contributed by atoms with Crippen LogP contribution in [0, 0.1) is 0 Å². The van der Waals surface area contributed by atoms with Crippen LogP contribution >= 0.6 is 0 Å². The van der Waals surface area contributed by atoms with E-state index in [0.29, 0.717) is 6.61 Å². The SMILES string of the molecule is C=C(C)C(=O)NCc1ccc(N=CC(COC2CCCCO2)=NN)cc1C(F)(F)F. The van der Waals surface area contributed by atoms with Crippen LogP contribution in [0.4, 0.5) is 18.9 Å². The van der Waals surface area contributed by atoms with Gasteiger partial charge >= 0.3 is 6.18 Å². The number of ether oxygens (including phenoxy) is 2. The summed E-state index contributed by atoms with van der Waals surface area (Å²) in [6.45, 7) is 5.29. The second-order valence-corrected chi connectivity index (χ2v) is 6.79. The number of hydrazone groups is 1. The number of halogens is 3. The molecule has 164 valence electrons. The third kappa shape index (κ3) is 7.27. The van der Waals surface area contributed by atoms with Crippen molar-refractivity contribution in [3.63, 3.8) is 0 Å². The molecular weight excluding hydrogens is 401 g/mol. The smallest absolute Gasteiger partial charge is 0.353 e. The topological polar surface area (TPSA) is 98.3 Å². The number of alkyl halides is 3. The zero-order valence-corrected chi connectivity index (χ0v) is 16.7. The summed E-state index contributed by atoms with van der Waals surface area (Å²) < 4.78 is 51.3. The molecule has 10 heteroatoms. The molecular formula is C20H25F3N4O3. The summed E-state index contributed by atoms with van der Waals surface area (Å²) in [5.74, 6) is 4.80. The summed E-state index contributed by atoms with van der Waals surface area (Å²) >= 11 is 0. The molecule has 1 aliphatic heterocycles. The lowest BCUT2D eigenvalue weighted by atomic mass is 10.1. The molecule has 30 heavy (non-hydrogen) atoms. The summed E-state index contributed by atoms with van der Waals surface area (Å²) in [6.07, 6.45) is -0.981. The van der Waals surface area contributed by atoms with Crippen molar-refractivity contribution in [1.82, 2.24) is 5.32 Å². The van der Waals surface area contributed by atoms with E-state index in [1.165, 1.54) is 25.3 Å². The first-order valence-electron chi connectivity index (χ1n) is 9.38. The van der Waals surface area contributed by atoms with Gasteiger partial charge in [0.15, 0.2) is 6.29 Å². The van der Waals surface area contributed by atoms with Gasteiger partial charge < -0.3 is 20.6 Å². The molecule has 1 unspecified atom stereocenters. The summed E-state index contributed by atoms with van der Waals surface area (Å²) in [5, 5.41) is 5.95. The number of nitrogens with one attached hydrogen (secondary N) is 1. The Labute approximate surface area is 172 Å². The molecule has 0 bridgehead atoms. The molecule has 0 aromatic heterocycles. The number of hydrogen-bond donors (Lipinski definition) is 2. The normalized spacial score (nSPS) is 17.9. The van der Waals surface area contributed by atoms with E-state index >= 15 is 0 Å². The van der Waals surface area contributed by atoms with Crippen LogP contribution in [0.25, 0.3) is 0 Å². The van der Waals surface area contributed by atoms with Gasteiger partial charge in [-0.2, -0.15) is 18.3 Å². The first-order valence-corrected chi connectivity index (χ1v) is 9.38. The monoisotopic (exact) mass is 426 g/mol. The molecule has 1 aliphatic rings. The predicted octanol–water partition coefficient (Wildman–Crippen LogP) is 3.46. The molecule has 2 rings (SSSR count). The van der Waals surface area contributed by atoms with Gasteiger partial charge in [-0.1, -0.05) is 12.6 Å². The maximum absolute atomic E-state index is 13.4. The van der Waals surface area contributed by atoms with E-state index in [0.717, 1.165) is 25.3 Å². The first kappa shape index (κ1) is 23.6. The second-order valence-electron chi connectivity index (χ2n) is 6.79. The van der Waals surface area contributed by atoms with E-state index in [-0.39, 0.29) is 42.0 Å². The number of benzene rings is 1. The summed E-state index contributed by atoms with van der Waals surface area (Å²) in [4.78, 5) is 15.6. The number of nitrogens with two attached hydrogens (primary N) is 1. The average molecular weight is 426 g/mol. The number of carbonyl (C=O) groups excluding carboxylic acids is 1. The van der Waals surface area contributed by atoms with Gasteiger partial charge in [0.25, 0.3) is 0 Å². The van der Waals surface area contributed by atoms with E-state index in [2.05, 4.69) is 22.0 Å². The largest absolute Gasteiger partial charge is 0.416 e. The Morgan fingerprint density at radius 3 is 2.80 bits per heavy atom. The van der Waals surface area contributed by atoms with Gasteiger partial charge in [-0.25, -0.2) is 0 Å². The summed E-state index contributed by atoms with van der Waals surface area (Å²) in [7, 11) is 0. The van der Waals surface area contributed by atoms with Crippen LogP contribution in [0.3, 0.4) is 0 Å². The van der Waals surface area contributed by atoms with E-state index in [4.69, 9.17) is 15.3 Å². The van der Waals surface area contributed by atoms with Crippen LogP contribution in [0.15, 0.2) is 40.4 Å². The minimum atomic E-state index is -4.61. The van der Waals surface area contributed by atoms with Gasteiger partial charge in [0.05, 0.1) is 24.1 Å². The van der Waals surface area contributed by atoms with Crippen LogP contribution in [-0.4, -0.2) is 37.3 Å². The molecule has 0 radical (unpaired) electrons. The van der Waals surface area contributed by atoms with Crippen LogP contribution in [0.5, 0.6) is 0 Å². The molecule has 1 heterocycles. The Morgan fingerprint density at radius 2 is 2.20 bits per heavy atom. The van der Waals surface area contributed by atoms with Crippen molar-refractivity contribution in [3.05, 3.63) is 41.5 Å². The Bertz CT molecular complexity index is 816. The lowest BCUT2D eigenvalue weighted by molar-refractivity contribution is -0.152. The number of amides is 1. The summed E-state index contributed by atoms with van der Waals surface area (Å²) in [5.41, 5.74) is -0.444. The number of hydrogen-bond acceptors (Lipinski definition) is 6. The van der Waals surface area contributed by atoms with Crippen LogP contribution < -0.4 is 11.2 Å². The molecule has 1 amide bonds. The molecule has 0 spiro atoms. The number of nitrogens with zero attached hydrogens (tertiary/aromatic N) is 2. The highest BCUT2D eigenvalue weighted by Gasteiger charge is 2.33. The Balaban J connectivity index is 2.08. The van der Waals surface area contributed by atoms with E-state index in [1.807, 2.05) is 0 Å². The third-order valence-electron chi connectivity index (χ3n) is 4.31.